The molecular formula is C31H40N2O3. The zero-order valence-electron chi connectivity index (χ0n) is 21.8. The van der Waals surface area contributed by atoms with E-state index in [-0.39, 0.29) is 0 Å². The Bertz CT molecular complexity index is 1060. The number of piperazine rings is 1. The average Bonchev–Trinajstić information content (AvgIpc) is 2.91. The second-order valence-corrected chi connectivity index (χ2v) is 9.51. The molecule has 1 heterocycles. The molecule has 0 aromatic heterocycles. The summed E-state index contributed by atoms with van der Waals surface area (Å²) >= 11 is 0. The highest BCUT2D eigenvalue weighted by Gasteiger charge is 2.16. The molecule has 1 fully saturated rings. The van der Waals surface area contributed by atoms with Gasteiger partial charge in [-0.2, -0.15) is 0 Å². The third kappa shape index (κ3) is 8.28. The van der Waals surface area contributed by atoms with E-state index >= 15 is 0 Å². The summed E-state index contributed by atoms with van der Waals surface area (Å²) in [6, 6.07) is 25.0. The van der Waals surface area contributed by atoms with Crippen molar-refractivity contribution in [3.05, 3.63) is 89.5 Å². The van der Waals surface area contributed by atoms with Crippen molar-refractivity contribution in [1.29, 1.82) is 0 Å². The van der Waals surface area contributed by atoms with Crippen LogP contribution in [-0.4, -0.2) is 69.4 Å². The van der Waals surface area contributed by atoms with Gasteiger partial charge in [-0.3, -0.25) is 4.90 Å². The van der Waals surface area contributed by atoms with Gasteiger partial charge in [-0.1, -0.05) is 42.5 Å². The minimum absolute atomic E-state index is 0.745. The quantitative estimate of drug-likeness (QED) is 0.307. The third-order valence-corrected chi connectivity index (χ3v) is 6.80. The van der Waals surface area contributed by atoms with Gasteiger partial charge < -0.3 is 19.1 Å². The lowest BCUT2D eigenvalue weighted by molar-refractivity contribution is 0.112. The van der Waals surface area contributed by atoms with Gasteiger partial charge in [-0.15, -0.1) is 0 Å². The lowest BCUT2D eigenvalue weighted by Crippen LogP contribution is -2.47. The van der Waals surface area contributed by atoms with Gasteiger partial charge in [0.15, 0.2) is 0 Å². The van der Waals surface area contributed by atoms with E-state index in [1.165, 1.54) is 16.7 Å². The molecule has 0 amide bonds. The first kappa shape index (κ1) is 26.1. The molecule has 5 heteroatoms. The molecule has 1 aliphatic rings. The molecule has 1 aliphatic heterocycles. The largest absolute Gasteiger partial charge is 0.497 e. The van der Waals surface area contributed by atoms with E-state index in [2.05, 4.69) is 71.3 Å². The summed E-state index contributed by atoms with van der Waals surface area (Å²) in [6.07, 6.45) is 2.97. The van der Waals surface area contributed by atoms with Crippen LogP contribution >= 0.6 is 0 Å². The molecule has 0 radical (unpaired) electrons. The van der Waals surface area contributed by atoms with E-state index in [9.17, 15) is 0 Å². The van der Waals surface area contributed by atoms with E-state index in [4.69, 9.17) is 14.2 Å². The van der Waals surface area contributed by atoms with Crippen molar-refractivity contribution in [2.75, 3.05) is 59.6 Å². The van der Waals surface area contributed by atoms with Gasteiger partial charge in [0.2, 0.25) is 0 Å². The fraction of sp³-hybridized carbons (Fsp3) is 0.419. The summed E-state index contributed by atoms with van der Waals surface area (Å²) < 4.78 is 17.5. The van der Waals surface area contributed by atoms with Crippen molar-refractivity contribution in [2.24, 2.45) is 0 Å². The number of para-hydroxylation sites is 1. The molecule has 5 nitrogen and oxygen atoms in total. The molecule has 0 bridgehead atoms. The molecule has 0 aliphatic carbocycles. The first-order valence-corrected chi connectivity index (χ1v) is 13.2. The van der Waals surface area contributed by atoms with E-state index in [1.807, 2.05) is 18.2 Å². The predicted molar refractivity (Wildman–Crippen MR) is 147 cm³/mol. The number of hydrogen-bond acceptors (Lipinski definition) is 5. The van der Waals surface area contributed by atoms with E-state index in [0.717, 1.165) is 89.0 Å². The monoisotopic (exact) mass is 488 g/mol. The van der Waals surface area contributed by atoms with E-state index < -0.39 is 0 Å². The second-order valence-electron chi connectivity index (χ2n) is 9.51. The first-order chi connectivity index (χ1) is 17.7. The molecule has 192 valence electrons. The third-order valence-electron chi connectivity index (χ3n) is 6.80. The van der Waals surface area contributed by atoms with Crippen LogP contribution < -0.4 is 14.2 Å². The van der Waals surface area contributed by atoms with Crippen molar-refractivity contribution in [3.8, 4) is 17.2 Å². The first-order valence-electron chi connectivity index (χ1n) is 13.2. The van der Waals surface area contributed by atoms with Crippen LogP contribution in [0.3, 0.4) is 0 Å². The number of hydrogen-bond donors (Lipinski definition) is 0. The summed E-state index contributed by atoms with van der Waals surface area (Å²) in [5.74, 6) is 2.89. The van der Waals surface area contributed by atoms with E-state index in [1.54, 1.807) is 7.11 Å². The van der Waals surface area contributed by atoms with Gasteiger partial charge in [-0.25, -0.2) is 0 Å². The van der Waals surface area contributed by atoms with Crippen LogP contribution in [-0.2, 0) is 12.8 Å². The maximum atomic E-state index is 6.21. The van der Waals surface area contributed by atoms with Gasteiger partial charge in [0, 0.05) is 39.3 Å². The molecule has 36 heavy (non-hydrogen) atoms. The van der Waals surface area contributed by atoms with Crippen molar-refractivity contribution in [3.63, 3.8) is 0 Å². The number of ether oxygens (including phenoxy) is 3. The zero-order valence-corrected chi connectivity index (χ0v) is 21.8. The van der Waals surface area contributed by atoms with Crippen LogP contribution in [0.2, 0.25) is 0 Å². The highest BCUT2D eigenvalue weighted by molar-refractivity contribution is 5.35. The van der Waals surface area contributed by atoms with Gasteiger partial charge in [0.1, 0.15) is 23.9 Å². The maximum absolute atomic E-state index is 6.21. The van der Waals surface area contributed by atoms with Crippen molar-refractivity contribution >= 4 is 0 Å². The Kier molecular flexibility index (Phi) is 10.1. The highest BCUT2D eigenvalue weighted by Crippen LogP contribution is 2.22. The summed E-state index contributed by atoms with van der Waals surface area (Å²) in [6.45, 7) is 10.1. The second kappa shape index (κ2) is 13.9. The Morgan fingerprint density at radius 2 is 1.44 bits per heavy atom. The van der Waals surface area contributed by atoms with E-state index in [0.29, 0.717) is 0 Å². The number of aryl methyl sites for hydroxylation is 3. The lowest BCUT2D eigenvalue weighted by Gasteiger charge is -2.34. The van der Waals surface area contributed by atoms with Gasteiger partial charge >= 0.3 is 0 Å². The Hall–Kier alpha value is -3.02. The smallest absolute Gasteiger partial charge is 0.122 e. The summed E-state index contributed by atoms with van der Waals surface area (Å²) in [7, 11) is 1.71. The Morgan fingerprint density at radius 3 is 2.25 bits per heavy atom. The summed E-state index contributed by atoms with van der Waals surface area (Å²) in [4.78, 5) is 5.05. The maximum Gasteiger partial charge on any atom is 0.122 e. The Labute approximate surface area is 216 Å². The Balaban J connectivity index is 1.11. The van der Waals surface area contributed by atoms with Gasteiger partial charge in [0.05, 0.1) is 13.7 Å². The van der Waals surface area contributed by atoms with Crippen LogP contribution in [0.15, 0.2) is 72.8 Å². The molecule has 0 N–H and O–H groups in total. The fourth-order valence-electron chi connectivity index (χ4n) is 4.66. The molecular weight excluding hydrogens is 448 g/mol. The van der Waals surface area contributed by atoms with Crippen molar-refractivity contribution in [2.45, 2.75) is 26.2 Å². The zero-order chi connectivity index (χ0) is 25.0. The number of methoxy groups -OCH3 is 1. The molecule has 0 atom stereocenters. The SMILES string of the molecule is COc1cccc(CCc2ccccc2OCCCN2CCN(CCOc3cccc(C)c3)CC2)c1. The molecule has 4 rings (SSSR count). The number of nitrogens with zero attached hydrogens (tertiary/aromatic N) is 2. The molecule has 0 unspecified atom stereocenters. The highest BCUT2D eigenvalue weighted by atomic mass is 16.5. The predicted octanol–water partition coefficient (Wildman–Crippen LogP) is 5.25. The number of benzene rings is 3. The van der Waals surface area contributed by atoms with Crippen molar-refractivity contribution < 1.29 is 14.2 Å². The molecule has 0 spiro atoms. The molecule has 1 saturated heterocycles. The van der Waals surface area contributed by atoms with Crippen LogP contribution in [0.25, 0.3) is 0 Å². The van der Waals surface area contributed by atoms with Crippen LogP contribution in [0.5, 0.6) is 17.2 Å². The van der Waals surface area contributed by atoms with Crippen molar-refractivity contribution in [1.82, 2.24) is 9.80 Å². The fourth-order valence-corrected chi connectivity index (χ4v) is 4.66. The van der Waals surface area contributed by atoms with Gasteiger partial charge in [-0.05, 0) is 73.2 Å². The molecule has 3 aromatic carbocycles. The minimum atomic E-state index is 0.745. The summed E-state index contributed by atoms with van der Waals surface area (Å²) in [5.41, 5.74) is 3.79. The molecule has 0 saturated carbocycles. The Morgan fingerprint density at radius 1 is 0.694 bits per heavy atom. The standard InChI is InChI=1S/C31H40N2O3/c1-26-8-5-12-30(24-26)35-23-21-33-19-17-32(18-20-33)16-7-22-36-31-13-4-3-10-28(31)15-14-27-9-6-11-29(25-27)34-2/h3-6,8-13,24-25H,7,14-23H2,1-2H3. The normalized spacial score (nSPS) is 14.5. The number of rotatable bonds is 13. The average molecular weight is 489 g/mol. The molecule has 3 aromatic rings. The van der Waals surface area contributed by atoms with Crippen LogP contribution in [0.4, 0.5) is 0 Å². The van der Waals surface area contributed by atoms with Crippen LogP contribution in [0, 0.1) is 6.92 Å². The lowest BCUT2D eigenvalue weighted by atomic mass is 10.0. The minimum Gasteiger partial charge on any atom is -0.497 e. The van der Waals surface area contributed by atoms with Crippen LogP contribution in [0.1, 0.15) is 23.1 Å². The topological polar surface area (TPSA) is 34.2 Å². The summed E-state index contributed by atoms with van der Waals surface area (Å²) in [5, 5.41) is 0. The van der Waals surface area contributed by atoms with Gasteiger partial charge in [0.25, 0.3) is 0 Å².